The third-order valence-corrected chi connectivity index (χ3v) is 4.26. The van der Waals surface area contributed by atoms with E-state index in [0.29, 0.717) is 6.08 Å². The smallest absolute Gasteiger partial charge is 0.265 e. The van der Waals surface area contributed by atoms with Crippen molar-refractivity contribution in [1.82, 2.24) is 5.48 Å². The summed E-state index contributed by atoms with van der Waals surface area (Å²) in [5, 5.41) is 0. The second-order valence-corrected chi connectivity index (χ2v) is 6.30. The predicted octanol–water partition coefficient (Wildman–Crippen LogP) is 6.20. The molecule has 0 radical (unpaired) electrons. The van der Waals surface area contributed by atoms with Crippen LogP contribution in [0.1, 0.15) is 22.3 Å². The van der Waals surface area contributed by atoms with Gasteiger partial charge in [0.2, 0.25) is 5.60 Å². The van der Waals surface area contributed by atoms with Crippen LogP contribution in [0.4, 0.5) is 43.9 Å². The summed E-state index contributed by atoms with van der Waals surface area (Å²) in [5.74, 6) is -0.715. The number of benzene rings is 2. The Hall–Kier alpha value is -2.76. The molecule has 30 heavy (non-hydrogen) atoms. The molecule has 0 fully saturated rings. The van der Waals surface area contributed by atoms with Crippen LogP contribution in [0.25, 0.3) is 5.70 Å². The minimum absolute atomic E-state index is 0.0365. The van der Waals surface area contributed by atoms with Crippen LogP contribution in [0.5, 0.6) is 0 Å². The van der Waals surface area contributed by atoms with Crippen molar-refractivity contribution in [3.8, 4) is 0 Å². The highest BCUT2D eigenvalue weighted by Gasteiger charge is 2.60. The molecule has 3 rings (SSSR count). The summed E-state index contributed by atoms with van der Waals surface area (Å²) in [7, 11) is 0. The average Bonchev–Trinajstić information content (AvgIpc) is 3.07. The molecule has 2 aromatic carbocycles. The van der Waals surface area contributed by atoms with E-state index in [1.54, 1.807) is 0 Å². The molecular weight excluding hydrogens is 436 g/mol. The van der Waals surface area contributed by atoms with Gasteiger partial charge in [-0.2, -0.15) is 39.5 Å². The first-order valence-electron chi connectivity index (χ1n) is 7.93. The minimum Gasteiger partial charge on any atom is -0.265 e. The Balaban J connectivity index is 2.24. The Kier molecular flexibility index (Phi) is 5.04. The lowest BCUT2D eigenvalue weighted by atomic mass is 9.88. The molecule has 1 N–H and O–H groups in total. The second kappa shape index (κ2) is 6.89. The standard InChI is InChI=1S/C18H9F10NO/c19-13-3-1-9(2-4-13)14-8-15(30-29-14,18(26,27)28)10-5-11(16(20,21)22)7-12(6-10)17(23,24)25/h1-8,29H. The van der Waals surface area contributed by atoms with E-state index in [1.807, 2.05) is 5.48 Å². The van der Waals surface area contributed by atoms with Crippen molar-refractivity contribution in [2.45, 2.75) is 24.1 Å². The molecule has 0 saturated heterocycles. The quantitative estimate of drug-likeness (QED) is 0.557. The molecule has 0 saturated carbocycles. The van der Waals surface area contributed by atoms with Crippen molar-refractivity contribution >= 4 is 5.70 Å². The molecule has 2 nitrogen and oxygen atoms in total. The van der Waals surface area contributed by atoms with Gasteiger partial charge in [-0.1, -0.05) is 0 Å². The zero-order valence-corrected chi connectivity index (χ0v) is 14.3. The summed E-state index contributed by atoms with van der Waals surface area (Å²) in [5.41, 5.74) is -7.53. The fourth-order valence-electron chi connectivity index (χ4n) is 2.78. The van der Waals surface area contributed by atoms with Crippen LogP contribution >= 0.6 is 0 Å². The third-order valence-electron chi connectivity index (χ3n) is 4.26. The van der Waals surface area contributed by atoms with E-state index in [9.17, 15) is 43.9 Å². The molecule has 162 valence electrons. The van der Waals surface area contributed by atoms with Gasteiger partial charge in [-0.15, -0.1) is 0 Å². The summed E-state index contributed by atoms with van der Waals surface area (Å²) in [6.07, 6.45) is -15.8. The van der Waals surface area contributed by atoms with Crippen LogP contribution in [0, 0.1) is 5.82 Å². The maximum atomic E-state index is 13.9. The highest BCUT2D eigenvalue weighted by atomic mass is 19.4. The Labute approximate surface area is 161 Å². The van der Waals surface area contributed by atoms with Crippen molar-refractivity contribution in [2.75, 3.05) is 0 Å². The molecule has 1 atom stereocenters. The van der Waals surface area contributed by atoms with Crippen LogP contribution in [-0.2, 0) is 22.8 Å². The molecule has 0 aromatic heterocycles. The lowest BCUT2D eigenvalue weighted by Crippen LogP contribution is -2.43. The Morgan fingerprint density at radius 2 is 1.23 bits per heavy atom. The van der Waals surface area contributed by atoms with Crippen LogP contribution in [0.3, 0.4) is 0 Å². The summed E-state index contributed by atoms with van der Waals surface area (Å²) < 4.78 is 133. The first kappa shape index (κ1) is 21.9. The van der Waals surface area contributed by atoms with Gasteiger partial charge in [0.1, 0.15) is 5.82 Å². The van der Waals surface area contributed by atoms with Crippen molar-refractivity contribution in [3.63, 3.8) is 0 Å². The molecule has 1 heterocycles. The number of hydroxylamine groups is 1. The van der Waals surface area contributed by atoms with Crippen molar-refractivity contribution in [2.24, 2.45) is 0 Å². The summed E-state index contributed by atoms with van der Waals surface area (Å²) >= 11 is 0. The van der Waals surface area contributed by atoms with E-state index in [2.05, 4.69) is 4.84 Å². The van der Waals surface area contributed by atoms with E-state index < -0.39 is 52.3 Å². The lowest BCUT2D eigenvalue weighted by Gasteiger charge is -2.29. The van der Waals surface area contributed by atoms with Crippen molar-refractivity contribution in [3.05, 3.63) is 76.6 Å². The van der Waals surface area contributed by atoms with E-state index in [4.69, 9.17) is 0 Å². The number of nitrogens with one attached hydrogen (secondary N) is 1. The topological polar surface area (TPSA) is 21.3 Å². The van der Waals surface area contributed by atoms with Crippen LogP contribution in [0.15, 0.2) is 48.5 Å². The first-order valence-corrected chi connectivity index (χ1v) is 7.93. The fourth-order valence-corrected chi connectivity index (χ4v) is 2.78. The van der Waals surface area contributed by atoms with Gasteiger partial charge in [0.25, 0.3) is 0 Å². The van der Waals surface area contributed by atoms with E-state index in [0.717, 1.165) is 24.3 Å². The SMILES string of the molecule is Fc1ccc(C2=CC(c3cc(C(F)(F)F)cc(C(F)(F)F)c3)(C(F)(F)F)ON2)cc1. The van der Waals surface area contributed by atoms with Crippen molar-refractivity contribution < 1.29 is 48.7 Å². The summed E-state index contributed by atoms with van der Waals surface area (Å²) in [6, 6.07) is 3.49. The largest absolute Gasteiger partial charge is 0.428 e. The molecule has 0 spiro atoms. The number of halogens is 10. The average molecular weight is 445 g/mol. The van der Waals surface area contributed by atoms with Crippen LogP contribution in [-0.4, -0.2) is 6.18 Å². The molecule has 12 heteroatoms. The Bertz CT molecular complexity index is 940. The highest BCUT2D eigenvalue weighted by molar-refractivity contribution is 5.67. The van der Waals surface area contributed by atoms with Crippen LogP contribution < -0.4 is 5.48 Å². The first-order chi connectivity index (χ1) is 13.6. The number of hydrogen-bond acceptors (Lipinski definition) is 2. The molecule has 1 aliphatic heterocycles. The summed E-state index contributed by atoms with van der Waals surface area (Å²) in [4.78, 5) is 4.53. The zero-order valence-electron chi connectivity index (χ0n) is 14.3. The molecular formula is C18H9F10NO. The number of rotatable bonds is 2. The second-order valence-electron chi connectivity index (χ2n) is 6.30. The van der Waals surface area contributed by atoms with E-state index in [1.165, 1.54) is 0 Å². The number of hydrogen-bond donors (Lipinski definition) is 1. The minimum atomic E-state index is -5.45. The summed E-state index contributed by atoms with van der Waals surface area (Å²) in [6.45, 7) is 0. The molecule has 0 aliphatic carbocycles. The maximum absolute atomic E-state index is 13.9. The van der Waals surface area contributed by atoms with Gasteiger partial charge in [-0.05, 0) is 54.1 Å². The van der Waals surface area contributed by atoms with Gasteiger partial charge in [0.15, 0.2) is 0 Å². The van der Waals surface area contributed by atoms with Gasteiger partial charge in [0.05, 0.1) is 16.8 Å². The maximum Gasteiger partial charge on any atom is 0.428 e. The van der Waals surface area contributed by atoms with E-state index in [-0.39, 0.29) is 23.8 Å². The van der Waals surface area contributed by atoms with Gasteiger partial charge in [0, 0.05) is 5.56 Å². The van der Waals surface area contributed by atoms with Gasteiger partial charge >= 0.3 is 18.5 Å². The van der Waals surface area contributed by atoms with Crippen molar-refractivity contribution in [1.29, 1.82) is 0 Å². The molecule has 0 amide bonds. The van der Waals surface area contributed by atoms with Gasteiger partial charge < -0.3 is 0 Å². The molecule has 2 aromatic rings. The lowest BCUT2D eigenvalue weighted by molar-refractivity contribution is -0.269. The monoisotopic (exact) mass is 445 g/mol. The van der Waals surface area contributed by atoms with Crippen LogP contribution in [0.2, 0.25) is 0 Å². The fraction of sp³-hybridized carbons (Fsp3) is 0.222. The number of alkyl halides is 9. The Morgan fingerprint density at radius 1 is 0.733 bits per heavy atom. The predicted molar refractivity (Wildman–Crippen MR) is 82.8 cm³/mol. The van der Waals surface area contributed by atoms with Gasteiger partial charge in [-0.25, -0.2) is 4.39 Å². The normalized spacial score (nSPS) is 20.1. The van der Waals surface area contributed by atoms with E-state index >= 15 is 0 Å². The third kappa shape index (κ3) is 3.95. The molecule has 1 aliphatic rings. The highest BCUT2D eigenvalue weighted by Crippen LogP contribution is 2.49. The van der Waals surface area contributed by atoms with Gasteiger partial charge in [-0.3, -0.25) is 10.3 Å². The Morgan fingerprint density at radius 3 is 1.67 bits per heavy atom. The molecule has 1 unspecified atom stereocenters. The molecule has 0 bridgehead atoms. The zero-order chi connectivity index (χ0) is 22.5.